The molecule has 0 spiro atoms. The van der Waals surface area contributed by atoms with Crippen LogP contribution in [0.2, 0.25) is 0 Å². The number of para-hydroxylation sites is 1. The lowest BCUT2D eigenvalue weighted by molar-refractivity contribution is 0.0323. The van der Waals surface area contributed by atoms with Gasteiger partial charge in [-0.2, -0.15) is 5.10 Å². The Morgan fingerprint density at radius 3 is 2.61 bits per heavy atom. The molecule has 0 atom stereocenters. The van der Waals surface area contributed by atoms with Gasteiger partial charge in [0.05, 0.1) is 18.6 Å². The molecule has 1 N–H and O–H groups in total. The lowest BCUT2D eigenvalue weighted by Gasteiger charge is -2.37. The fourth-order valence-corrected chi connectivity index (χ4v) is 5.72. The molecule has 0 amide bonds. The van der Waals surface area contributed by atoms with Gasteiger partial charge >= 0.3 is 0 Å². The molecule has 198 valence electrons. The van der Waals surface area contributed by atoms with Crippen LogP contribution < -0.4 is 14.5 Å². The number of hydrogen-bond donors (Lipinski definition) is 1. The Morgan fingerprint density at radius 2 is 1.76 bits per heavy atom. The predicted octanol–water partition coefficient (Wildman–Crippen LogP) is 4.13. The standard InChI is InChI=1S/C28H32BrN7O2/c1-20-6-7-21(22-4-2-3-5-24(22)38-17-14-34-12-15-37-16-13-34)18-23(20)35-8-10-36(11-9-35)28-25-26(29)32-33-27(25)30-19-31-28/h2-7,18-19H,8-17H2,1H3,(H,30,31,32,33). The van der Waals surface area contributed by atoms with Crippen LogP contribution in [0.15, 0.2) is 53.4 Å². The first kappa shape index (κ1) is 25.1. The smallest absolute Gasteiger partial charge is 0.161 e. The molecule has 9 nitrogen and oxygen atoms in total. The number of ether oxygens (including phenoxy) is 2. The van der Waals surface area contributed by atoms with Crippen LogP contribution in [-0.4, -0.2) is 90.7 Å². The highest BCUT2D eigenvalue weighted by atomic mass is 79.9. The van der Waals surface area contributed by atoms with E-state index in [-0.39, 0.29) is 0 Å². The second kappa shape index (κ2) is 11.3. The third-order valence-electron chi connectivity index (χ3n) is 7.39. The lowest BCUT2D eigenvalue weighted by Crippen LogP contribution is -2.47. The van der Waals surface area contributed by atoms with E-state index in [1.807, 2.05) is 6.07 Å². The number of aromatic nitrogens is 4. The van der Waals surface area contributed by atoms with Gasteiger partial charge in [0.1, 0.15) is 29.1 Å². The molecule has 2 aromatic carbocycles. The Hall–Kier alpha value is -3.21. The molecule has 6 rings (SSSR count). The molecule has 2 aromatic heterocycles. The molecule has 2 aliphatic heterocycles. The zero-order valence-corrected chi connectivity index (χ0v) is 23.2. The molecule has 0 bridgehead atoms. The van der Waals surface area contributed by atoms with E-state index in [9.17, 15) is 0 Å². The Balaban J connectivity index is 1.16. The number of anilines is 2. The minimum absolute atomic E-state index is 0.667. The first-order valence-corrected chi connectivity index (χ1v) is 13.9. The summed E-state index contributed by atoms with van der Waals surface area (Å²) in [5.41, 5.74) is 5.59. The van der Waals surface area contributed by atoms with Gasteiger partial charge in [-0.05, 0) is 46.1 Å². The number of piperazine rings is 1. The number of rotatable bonds is 7. The molecule has 2 fully saturated rings. The average molecular weight is 579 g/mol. The first-order valence-electron chi connectivity index (χ1n) is 13.1. The number of aryl methyl sites for hydroxylation is 1. The van der Waals surface area contributed by atoms with Crippen molar-refractivity contribution < 1.29 is 9.47 Å². The SMILES string of the molecule is Cc1ccc(-c2ccccc2OCCN2CCOCC2)cc1N1CCN(c2ncnc3[nH]nc(Br)c23)CC1. The molecule has 4 aromatic rings. The summed E-state index contributed by atoms with van der Waals surface area (Å²) in [6, 6.07) is 15.1. The highest BCUT2D eigenvalue weighted by molar-refractivity contribution is 9.10. The Morgan fingerprint density at radius 1 is 0.974 bits per heavy atom. The van der Waals surface area contributed by atoms with Crippen molar-refractivity contribution >= 4 is 38.5 Å². The molecular weight excluding hydrogens is 546 g/mol. The summed E-state index contributed by atoms with van der Waals surface area (Å²) in [6.45, 7) is 10.9. The average Bonchev–Trinajstić information content (AvgIpc) is 3.35. The van der Waals surface area contributed by atoms with E-state index < -0.39 is 0 Å². The van der Waals surface area contributed by atoms with Crippen LogP contribution in [0.5, 0.6) is 5.75 Å². The number of fused-ring (bicyclic) bond motifs is 1. The summed E-state index contributed by atoms with van der Waals surface area (Å²) in [4.78, 5) is 16.1. The van der Waals surface area contributed by atoms with Crippen molar-refractivity contribution in [1.82, 2.24) is 25.1 Å². The van der Waals surface area contributed by atoms with Crippen molar-refractivity contribution in [2.75, 3.05) is 75.4 Å². The van der Waals surface area contributed by atoms with Crippen LogP contribution in [0, 0.1) is 6.92 Å². The molecule has 10 heteroatoms. The number of nitrogens with one attached hydrogen (secondary N) is 1. The maximum Gasteiger partial charge on any atom is 0.161 e. The number of benzene rings is 2. The van der Waals surface area contributed by atoms with Crippen LogP contribution in [0.4, 0.5) is 11.5 Å². The van der Waals surface area contributed by atoms with Gasteiger partial charge in [-0.25, -0.2) is 9.97 Å². The number of hydrogen-bond acceptors (Lipinski definition) is 8. The summed E-state index contributed by atoms with van der Waals surface area (Å²) in [7, 11) is 0. The van der Waals surface area contributed by atoms with Crippen molar-refractivity contribution in [3.8, 4) is 16.9 Å². The van der Waals surface area contributed by atoms with Crippen LogP contribution in [0.3, 0.4) is 0 Å². The Bertz CT molecular complexity index is 1400. The van der Waals surface area contributed by atoms with Gasteiger partial charge in [0.25, 0.3) is 0 Å². The summed E-state index contributed by atoms with van der Waals surface area (Å²) in [5, 5.41) is 8.14. The molecular formula is C28H32BrN7O2. The zero-order valence-electron chi connectivity index (χ0n) is 21.6. The van der Waals surface area contributed by atoms with Crippen molar-refractivity contribution in [2.45, 2.75) is 6.92 Å². The molecule has 4 heterocycles. The lowest BCUT2D eigenvalue weighted by atomic mass is 10.0. The van der Waals surface area contributed by atoms with E-state index in [0.717, 1.165) is 91.8 Å². The topological polar surface area (TPSA) is 82.6 Å². The summed E-state index contributed by atoms with van der Waals surface area (Å²) in [5.74, 6) is 1.85. The largest absolute Gasteiger partial charge is 0.492 e. The number of nitrogens with zero attached hydrogens (tertiary/aromatic N) is 6. The first-order chi connectivity index (χ1) is 18.7. The Kier molecular flexibility index (Phi) is 7.44. The van der Waals surface area contributed by atoms with Crippen molar-refractivity contribution in [1.29, 1.82) is 0 Å². The number of H-pyrrole nitrogens is 1. The van der Waals surface area contributed by atoms with Crippen LogP contribution in [-0.2, 0) is 4.74 Å². The van der Waals surface area contributed by atoms with E-state index in [4.69, 9.17) is 9.47 Å². The van der Waals surface area contributed by atoms with Crippen molar-refractivity contribution in [3.63, 3.8) is 0 Å². The van der Waals surface area contributed by atoms with Gasteiger partial charge in [-0.3, -0.25) is 10.00 Å². The van der Waals surface area contributed by atoms with Crippen LogP contribution in [0.25, 0.3) is 22.2 Å². The van der Waals surface area contributed by atoms with Crippen LogP contribution >= 0.6 is 15.9 Å². The van der Waals surface area contributed by atoms with Gasteiger partial charge in [0.15, 0.2) is 5.65 Å². The molecule has 0 saturated carbocycles. The Labute approximate surface area is 230 Å². The van der Waals surface area contributed by atoms with E-state index in [1.165, 1.54) is 16.8 Å². The molecule has 0 unspecified atom stereocenters. The molecule has 0 aliphatic carbocycles. The van der Waals surface area contributed by atoms with Gasteiger partial charge in [0.2, 0.25) is 0 Å². The minimum atomic E-state index is 0.667. The van der Waals surface area contributed by atoms with Crippen molar-refractivity contribution in [3.05, 3.63) is 59.0 Å². The number of halogens is 1. The normalized spacial score (nSPS) is 16.8. The van der Waals surface area contributed by atoms with Crippen LogP contribution in [0.1, 0.15) is 5.56 Å². The van der Waals surface area contributed by atoms with Gasteiger partial charge in [-0.1, -0.05) is 30.3 Å². The van der Waals surface area contributed by atoms with E-state index >= 15 is 0 Å². The molecule has 0 radical (unpaired) electrons. The van der Waals surface area contributed by atoms with E-state index in [1.54, 1.807) is 6.33 Å². The fraction of sp³-hybridized carbons (Fsp3) is 0.393. The second-order valence-corrected chi connectivity index (χ2v) is 10.5. The van der Waals surface area contributed by atoms with Crippen molar-refractivity contribution in [2.24, 2.45) is 0 Å². The number of morpholine rings is 1. The number of aromatic amines is 1. The third-order valence-corrected chi connectivity index (χ3v) is 7.96. The maximum absolute atomic E-state index is 6.28. The third kappa shape index (κ3) is 5.21. The maximum atomic E-state index is 6.28. The molecule has 2 saturated heterocycles. The predicted molar refractivity (Wildman–Crippen MR) is 153 cm³/mol. The van der Waals surface area contributed by atoms with Gasteiger partial charge in [-0.15, -0.1) is 0 Å². The summed E-state index contributed by atoms with van der Waals surface area (Å²) >= 11 is 3.54. The molecule has 2 aliphatic rings. The van der Waals surface area contributed by atoms with E-state index in [0.29, 0.717) is 6.61 Å². The highest BCUT2D eigenvalue weighted by Crippen LogP contribution is 2.35. The van der Waals surface area contributed by atoms with E-state index in [2.05, 4.69) is 94.1 Å². The monoisotopic (exact) mass is 577 g/mol. The molecule has 38 heavy (non-hydrogen) atoms. The minimum Gasteiger partial charge on any atom is -0.492 e. The van der Waals surface area contributed by atoms with Gasteiger partial charge < -0.3 is 19.3 Å². The fourth-order valence-electron chi connectivity index (χ4n) is 5.27. The summed E-state index contributed by atoms with van der Waals surface area (Å²) in [6.07, 6.45) is 1.60. The quantitative estimate of drug-likeness (QED) is 0.351. The summed E-state index contributed by atoms with van der Waals surface area (Å²) < 4.78 is 12.5. The highest BCUT2D eigenvalue weighted by Gasteiger charge is 2.23. The second-order valence-electron chi connectivity index (χ2n) is 9.71. The van der Waals surface area contributed by atoms with Gasteiger partial charge in [0, 0.05) is 57.1 Å². The zero-order chi connectivity index (χ0) is 25.9.